The molecular weight excluding hydrogens is 506 g/mol. The van der Waals surface area contributed by atoms with Gasteiger partial charge in [0.25, 0.3) is 5.56 Å². The molecule has 2 bridgehead atoms. The van der Waals surface area contributed by atoms with Crippen molar-refractivity contribution in [3.8, 4) is 0 Å². The number of nitrogens with zero attached hydrogens (tertiary/aromatic N) is 6. The maximum Gasteiger partial charge on any atom is 0.356 e. The molecule has 1 aromatic carbocycles. The van der Waals surface area contributed by atoms with E-state index >= 15 is 0 Å². The van der Waals surface area contributed by atoms with Crippen LogP contribution in [0.25, 0.3) is 10.9 Å². The van der Waals surface area contributed by atoms with E-state index in [1.54, 1.807) is 23.7 Å². The summed E-state index contributed by atoms with van der Waals surface area (Å²) in [5.41, 5.74) is 2.27. The summed E-state index contributed by atoms with van der Waals surface area (Å²) in [6.45, 7) is 5.75. The Morgan fingerprint density at radius 2 is 1.76 bits per heavy atom. The van der Waals surface area contributed by atoms with E-state index in [4.69, 9.17) is 16.6 Å². The average Bonchev–Trinajstić information content (AvgIpc) is 3.13. The molecule has 3 fully saturated rings. The zero-order valence-electron chi connectivity index (χ0n) is 21.8. The van der Waals surface area contributed by atoms with E-state index < -0.39 is 5.97 Å². The van der Waals surface area contributed by atoms with Gasteiger partial charge in [-0.1, -0.05) is 17.7 Å². The topological polar surface area (TPSA) is 128 Å². The number of hydrogen-bond acceptors (Lipinski definition) is 7. The second-order valence-electron chi connectivity index (χ2n) is 10.9. The highest BCUT2D eigenvalue weighted by Gasteiger charge is 2.72. The lowest BCUT2D eigenvalue weighted by Crippen LogP contribution is -2.69. The second kappa shape index (κ2) is 8.10. The van der Waals surface area contributed by atoms with E-state index in [9.17, 15) is 14.7 Å². The number of aryl methyl sites for hydroxylation is 3. The number of carboxylic acid groups (broad SMARTS) is 1. The molecule has 3 aliphatic rings. The van der Waals surface area contributed by atoms with Crippen LogP contribution in [0.15, 0.2) is 29.1 Å². The number of carbonyl (C=O) groups is 1. The van der Waals surface area contributed by atoms with E-state index in [0.717, 1.165) is 47.9 Å². The van der Waals surface area contributed by atoms with Gasteiger partial charge in [-0.25, -0.2) is 19.7 Å². The Labute approximate surface area is 223 Å². The number of rotatable bonds is 6. The first kappa shape index (κ1) is 24.5. The van der Waals surface area contributed by atoms with Gasteiger partial charge in [0, 0.05) is 30.5 Å². The summed E-state index contributed by atoms with van der Waals surface area (Å²) in [7, 11) is 3.73. The summed E-state index contributed by atoms with van der Waals surface area (Å²) < 4.78 is 3.57. The second-order valence-corrected chi connectivity index (χ2v) is 11.3. The quantitative estimate of drug-likeness (QED) is 0.356. The third-order valence-corrected chi connectivity index (χ3v) is 8.32. The van der Waals surface area contributed by atoms with Crippen molar-refractivity contribution in [3.05, 3.63) is 74.1 Å². The van der Waals surface area contributed by atoms with Crippen LogP contribution in [0.5, 0.6) is 0 Å². The SMILES string of the molecule is Cc1cc([C@@H](C)Nc2ccc(Cl)nc2C(=O)O)c2nc(C34CC(c5nc(C)nn5C)(C3)C4)n(C)c(=O)c2c1. The van der Waals surface area contributed by atoms with Crippen molar-refractivity contribution in [1.29, 1.82) is 0 Å². The number of benzene rings is 1. The number of anilines is 1. The fourth-order valence-electron chi connectivity index (χ4n) is 6.62. The van der Waals surface area contributed by atoms with Crippen molar-refractivity contribution < 1.29 is 9.90 Å². The van der Waals surface area contributed by atoms with Crippen LogP contribution in [0.3, 0.4) is 0 Å². The molecule has 3 aromatic heterocycles. The van der Waals surface area contributed by atoms with Gasteiger partial charge in [0.15, 0.2) is 5.69 Å². The minimum absolute atomic E-state index is 0.0114. The van der Waals surface area contributed by atoms with Crippen molar-refractivity contribution in [2.75, 3.05) is 5.32 Å². The van der Waals surface area contributed by atoms with Crippen molar-refractivity contribution in [1.82, 2.24) is 29.3 Å². The Kier molecular flexibility index (Phi) is 5.23. The summed E-state index contributed by atoms with van der Waals surface area (Å²) in [6.07, 6.45) is 2.64. The van der Waals surface area contributed by atoms with Crippen LogP contribution in [0, 0.1) is 13.8 Å². The van der Waals surface area contributed by atoms with Crippen LogP contribution < -0.4 is 10.9 Å². The number of nitrogens with one attached hydrogen (secondary N) is 1. The third kappa shape index (κ3) is 3.46. The number of pyridine rings is 1. The summed E-state index contributed by atoms with van der Waals surface area (Å²) in [5.74, 6) is 1.37. The Hall–Kier alpha value is -3.79. The van der Waals surface area contributed by atoms with Crippen LogP contribution in [-0.2, 0) is 24.9 Å². The van der Waals surface area contributed by atoms with E-state index in [1.165, 1.54) is 0 Å². The van der Waals surface area contributed by atoms with Gasteiger partial charge < -0.3 is 10.4 Å². The predicted molar refractivity (Wildman–Crippen MR) is 143 cm³/mol. The smallest absolute Gasteiger partial charge is 0.356 e. The van der Waals surface area contributed by atoms with Crippen molar-refractivity contribution in [2.24, 2.45) is 14.1 Å². The average molecular weight is 534 g/mol. The molecule has 196 valence electrons. The van der Waals surface area contributed by atoms with E-state index in [1.807, 2.05) is 44.6 Å². The van der Waals surface area contributed by atoms with Crippen molar-refractivity contribution in [3.63, 3.8) is 0 Å². The standard InChI is InChI=1S/C27H28ClN7O3/c1-13-8-16(14(2)29-18-6-7-19(28)31-21(18)23(37)38)20-17(9-13)22(36)34(4)24(32-20)26-10-27(11-26,12-26)25-30-15(3)33-35(25)5/h6-9,14,29H,10-12H2,1-5H3,(H,37,38)/t14-,26?,27?/m1/s1. The Bertz CT molecular complexity index is 1700. The molecule has 0 saturated heterocycles. The van der Waals surface area contributed by atoms with Crippen LogP contribution >= 0.6 is 11.6 Å². The normalized spacial score (nSPS) is 22.6. The maximum atomic E-state index is 13.6. The molecule has 11 heteroatoms. The van der Waals surface area contributed by atoms with Crippen LogP contribution in [0.4, 0.5) is 5.69 Å². The number of halogens is 1. The minimum Gasteiger partial charge on any atom is -0.476 e. The van der Waals surface area contributed by atoms with Gasteiger partial charge >= 0.3 is 5.97 Å². The summed E-state index contributed by atoms with van der Waals surface area (Å²) in [4.78, 5) is 39.1. The minimum atomic E-state index is -1.18. The van der Waals surface area contributed by atoms with Crippen molar-refractivity contribution in [2.45, 2.75) is 56.9 Å². The predicted octanol–water partition coefficient (Wildman–Crippen LogP) is 3.97. The molecule has 0 unspecified atom stereocenters. The molecule has 0 radical (unpaired) electrons. The monoisotopic (exact) mass is 533 g/mol. The van der Waals surface area contributed by atoms with E-state index in [2.05, 4.69) is 20.4 Å². The molecule has 0 aliphatic heterocycles. The molecule has 0 spiro atoms. The summed E-state index contributed by atoms with van der Waals surface area (Å²) in [5, 5.41) is 17.9. The zero-order valence-corrected chi connectivity index (χ0v) is 22.6. The van der Waals surface area contributed by atoms with Crippen LogP contribution in [0.2, 0.25) is 5.15 Å². The zero-order chi connectivity index (χ0) is 27.1. The Morgan fingerprint density at radius 3 is 2.39 bits per heavy atom. The highest BCUT2D eigenvalue weighted by atomic mass is 35.5. The van der Waals surface area contributed by atoms with Gasteiger partial charge in [0.05, 0.1) is 22.6 Å². The molecule has 38 heavy (non-hydrogen) atoms. The van der Waals surface area contributed by atoms with Gasteiger partial charge in [0.1, 0.15) is 22.6 Å². The number of hydrogen-bond donors (Lipinski definition) is 2. The van der Waals surface area contributed by atoms with Gasteiger partial charge in [0.2, 0.25) is 0 Å². The lowest BCUT2D eigenvalue weighted by atomic mass is 9.34. The largest absolute Gasteiger partial charge is 0.476 e. The van der Waals surface area contributed by atoms with Crippen molar-refractivity contribution >= 4 is 34.2 Å². The third-order valence-electron chi connectivity index (χ3n) is 8.10. The molecular formula is C27H28ClN7O3. The maximum absolute atomic E-state index is 13.6. The molecule has 3 saturated carbocycles. The fraction of sp³-hybridized carbons (Fsp3) is 0.407. The molecule has 0 amide bonds. The lowest BCUT2D eigenvalue weighted by molar-refractivity contribution is -0.0857. The molecule has 10 nitrogen and oxygen atoms in total. The summed E-state index contributed by atoms with van der Waals surface area (Å²) >= 11 is 5.93. The Balaban J connectivity index is 1.40. The molecule has 7 rings (SSSR count). The number of carboxylic acids is 1. The number of aromatic nitrogens is 6. The fourth-order valence-corrected chi connectivity index (χ4v) is 6.77. The molecule has 3 heterocycles. The van der Waals surface area contributed by atoms with Crippen LogP contribution in [0.1, 0.15) is 71.3 Å². The van der Waals surface area contributed by atoms with E-state index in [-0.39, 0.29) is 33.3 Å². The first-order valence-corrected chi connectivity index (χ1v) is 12.9. The Morgan fingerprint density at radius 1 is 1.08 bits per heavy atom. The van der Waals surface area contributed by atoms with Gasteiger partial charge in [-0.15, -0.1) is 0 Å². The highest BCUT2D eigenvalue weighted by Crippen LogP contribution is 2.73. The highest BCUT2D eigenvalue weighted by molar-refractivity contribution is 6.29. The van der Waals surface area contributed by atoms with Gasteiger partial charge in [-0.05, 0) is 63.8 Å². The number of aromatic carboxylic acids is 1. The first-order valence-electron chi connectivity index (χ1n) is 12.5. The molecule has 3 aliphatic carbocycles. The first-order chi connectivity index (χ1) is 17.9. The van der Waals surface area contributed by atoms with Gasteiger partial charge in [-0.2, -0.15) is 5.10 Å². The van der Waals surface area contributed by atoms with Crippen LogP contribution in [-0.4, -0.2) is 40.4 Å². The van der Waals surface area contributed by atoms with E-state index in [0.29, 0.717) is 16.6 Å². The number of fused-ring (bicyclic) bond motifs is 1. The molecule has 4 aromatic rings. The van der Waals surface area contributed by atoms with Gasteiger partial charge in [-0.3, -0.25) is 14.0 Å². The molecule has 1 atom stereocenters. The molecule has 2 N–H and O–H groups in total. The summed E-state index contributed by atoms with van der Waals surface area (Å²) in [6, 6.07) is 6.64. The lowest BCUT2D eigenvalue weighted by Gasteiger charge is -2.69.